The minimum absolute atomic E-state index is 0.0955. The maximum absolute atomic E-state index is 14.6. The molecule has 1 unspecified atom stereocenters. The first-order valence-corrected chi connectivity index (χ1v) is 9.88. The Labute approximate surface area is 176 Å². The number of para-hydroxylation sites is 1. The number of alkyl halides is 2. The van der Waals surface area contributed by atoms with Gasteiger partial charge < -0.3 is 14.2 Å². The number of piperidine rings is 1. The van der Waals surface area contributed by atoms with Gasteiger partial charge in [0.1, 0.15) is 5.52 Å². The topological polar surface area (TPSA) is 73.1 Å². The minimum atomic E-state index is -3.09. The lowest BCUT2D eigenvalue weighted by Crippen LogP contribution is -2.55. The Morgan fingerprint density at radius 2 is 2.00 bits per heavy atom. The number of nitrogens with zero attached hydrogens (tertiary/aromatic N) is 5. The van der Waals surface area contributed by atoms with Gasteiger partial charge in [0.05, 0.1) is 23.9 Å². The number of hydrogen-bond donors (Lipinski definition) is 0. The van der Waals surface area contributed by atoms with Crippen LogP contribution in [0.3, 0.4) is 0 Å². The summed E-state index contributed by atoms with van der Waals surface area (Å²) in [5.41, 5.74) is 1.99. The highest BCUT2D eigenvalue weighted by atomic mass is 19.3. The smallest absolute Gasteiger partial charge is 0.287 e. The average Bonchev–Trinajstić information content (AvgIpc) is 3.15. The summed E-state index contributed by atoms with van der Waals surface area (Å²) in [6.45, 7) is -0.368. The van der Waals surface area contributed by atoms with E-state index in [-0.39, 0.29) is 24.7 Å². The first kappa shape index (κ1) is 19.3. The van der Waals surface area contributed by atoms with E-state index in [1.807, 2.05) is 25.2 Å². The van der Waals surface area contributed by atoms with Crippen molar-refractivity contribution in [3.05, 3.63) is 60.7 Å². The van der Waals surface area contributed by atoms with E-state index in [1.165, 1.54) is 11.1 Å². The molecule has 3 aromatic heterocycles. The summed E-state index contributed by atoms with van der Waals surface area (Å²) in [7, 11) is 1.81. The van der Waals surface area contributed by atoms with Crippen LogP contribution in [0.15, 0.2) is 55.0 Å². The summed E-state index contributed by atoms with van der Waals surface area (Å²) in [6, 6.07) is 12.5. The van der Waals surface area contributed by atoms with Gasteiger partial charge in [0.2, 0.25) is 5.88 Å². The van der Waals surface area contributed by atoms with Gasteiger partial charge in [0.25, 0.3) is 11.8 Å². The summed E-state index contributed by atoms with van der Waals surface area (Å²) in [5.74, 6) is -3.43. The Morgan fingerprint density at radius 3 is 2.87 bits per heavy atom. The molecular weight excluding hydrogens is 404 g/mol. The van der Waals surface area contributed by atoms with Crippen molar-refractivity contribution in [2.45, 2.75) is 18.4 Å². The van der Waals surface area contributed by atoms with Crippen LogP contribution < -0.4 is 4.74 Å². The van der Waals surface area contributed by atoms with E-state index < -0.39 is 24.4 Å². The summed E-state index contributed by atoms with van der Waals surface area (Å²) in [5, 5.41) is 0.886. The van der Waals surface area contributed by atoms with Gasteiger partial charge in [-0.1, -0.05) is 18.2 Å². The van der Waals surface area contributed by atoms with Gasteiger partial charge in [0.15, 0.2) is 11.8 Å². The van der Waals surface area contributed by atoms with Gasteiger partial charge in [-0.15, -0.1) is 0 Å². The van der Waals surface area contributed by atoms with Gasteiger partial charge in [-0.25, -0.2) is 23.7 Å². The zero-order chi connectivity index (χ0) is 21.6. The fraction of sp³-hybridized carbons (Fsp3) is 0.273. The Hall–Kier alpha value is -3.62. The Morgan fingerprint density at radius 1 is 1.16 bits per heavy atom. The first-order chi connectivity index (χ1) is 14.9. The number of amides is 1. The number of rotatable bonds is 3. The Balaban J connectivity index is 1.41. The molecule has 1 aromatic carbocycles. The number of aromatic nitrogens is 4. The molecule has 7 nitrogen and oxygen atoms in total. The first-order valence-electron chi connectivity index (χ1n) is 9.88. The van der Waals surface area contributed by atoms with Crippen LogP contribution in [0, 0.1) is 0 Å². The van der Waals surface area contributed by atoms with Gasteiger partial charge >= 0.3 is 0 Å². The fourth-order valence-corrected chi connectivity index (χ4v) is 3.81. The number of hydrogen-bond acceptors (Lipinski definition) is 5. The van der Waals surface area contributed by atoms with Gasteiger partial charge in [-0.2, -0.15) is 0 Å². The Kier molecular flexibility index (Phi) is 4.53. The average molecular weight is 423 g/mol. The normalized spacial score (nSPS) is 18.4. The van der Waals surface area contributed by atoms with E-state index in [4.69, 9.17) is 4.74 Å². The second kappa shape index (κ2) is 7.26. The number of halogens is 2. The van der Waals surface area contributed by atoms with E-state index in [2.05, 4.69) is 15.0 Å². The number of imidazole rings is 1. The van der Waals surface area contributed by atoms with E-state index in [1.54, 1.807) is 35.2 Å². The second-order valence-corrected chi connectivity index (χ2v) is 7.59. The van der Waals surface area contributed by atoms with Crippen molar-refractivity contribution in [2.24, 2.45) is 7.05 Å². The number of pyridine rings is 2. The van der Waals surface area contributed by atoms with Crippen molar-refractivity contribution in [3.8, 4) is 5.88 Å². The molecule has 1 saturated heterocycles. The molecule has 0 N–H and O–H groups in total. The van der Waals surface area contributed by atoms with Crippen LogP contribution in [-0.4, -0.2) is 55.4 Å². The van der Waals surface area contributed by atoms with E-state index in [0.29, 0.717) is 11.0 Å². The number of aryl methyl sites for hydroxylation is 1. The molecule has 4 heterocycles. The van der Waals surface area contributed by atoms with Crippen LogP contribution in [0.25, 0.3) is 21.9 Å². The van der Waals surface area contributed by atoms with Crippen molar-refractivity contribution in [3.63, 3.8) is 0 Å². The van der Waals surface area contributed by atoms with Crippen LogP contribution >= 0.6 is 0 Å². The molecule has 4 aromatic rings. The quantitative estimate of drug-likeness (QED) is 0.505. The van der Waals surface area contributed by atoms with Crippen LogP contribution in [0.2, 0.25) is 0 Å². The molecule has 1 aliphatic heterocycles. The summed E-state index contributed by atoms with van der Waals surface area (Å²) < 4.78 is 36.6. The van der Waals surface area contributed by atoms with E-state index in [0.717, 1.165) is 10.9 Å². The number of ether oxygens (including phenoxy) is 1. The molecule has 31 heavy (non-hydrogen) atoms. The van der Waals surface area contributed by atoms with E-state index in [9.17, 15) is 13.6 Å². The van der Waals surface area contributed by atoms with E-state index >= 15 is 0 Å². The molecule has 1 atom stereocenters. The van der Waals surface area contributed by atoms with Crippen molar-refractivity contribution in [2.75, 3.05) is 13.1 Å². The zero-order valence-corrected chi connectivity index (χ0v) is 16.7. The maximum atomic E-state index is 14.6. The lowest BCUT2D eigenvalue weighted by molar-refractivity contribution is -0.131. The largest absolute Gasteiger partial charge is 0.466 e. The second-order valence-electron chi connectivity index (χ2n) is 7.59. The van der Waals surface area contributed by atoms with Crippen LogP contribution in [0.5, 0.6) is 5.88 Å². The third-order valence-electron chi connectivity index (χ3n) is 5.54. The standard InChI is InChI=1S/C22H19F2N5O2/c1-28-13-26-19-16(28)8-10-25-20(19)21(30)29-11-9-22(23,24)17(12-29)31-18-7-6-14-4-2-3-5-15(14)27-18/h2-8,10,13,17H,9,11-12H2,1H3. The predicted molar refractivity (Wildman–Crippen MR) is 110 cm³/mol. The summed E-state index contributed by atoms with van der Waals surface area (Å²) in [6.07, 6.45) is 1.09. The highest BCUT2D eigenvalue weighted by molar-refractivity contribution is 6.03. The molecule has 0 bridgehead atoms. The fourth-order valence-electron chi connectivity index (χ4n) is 3.81. The van der Waals surface area contributed by atoms with Crippen molar-refractivity contribution < 1.29 is 18.3 Å². The van der Waals surface area contributed by atoms with Crippen LogP contribution in [0.1, 0.15) is 16.9 Å². The third-order valence-corrected chi connectivity index (χ3v) is 5.54. The predicted octanol–water partition coefficient (Wildman–Crippen LogP) is 3.45. The van der Waals surface area contributed by atoms with Crippen molar-refractivity contribution in [1.82, 2.24) is 24.4 Å². The number of carbonyl (C=O) groups excluding carboxylic acids is 1. The minimum Gasteiger partial charge on any atom is -0.466 e. The molecule has 158 valence electrons. The molecule has 1 amide bonds. The maximum Gasteiger partial charge on any atom is 0.287 e. The number of likely N-dealkylation sites (tertiary alicyclic amines) is 1. The SMILES string of the molecule is Cn1cnc2c(C(=O)N3CCC(F)(F)C(Oc4ccc5ccccc5n4)C3)nccc21. The number of carbonyl (C=O) groups is 1. The molecular formula is C22H19F2N5O2. The summed E-state index contributed by atoms with van der Waals surface area (Å²) in [4.78, 5) is 27.2. The van der Waals surface area contributed by atoms with Crippen LogP contribution in [-0.2, 0) is 7.05 Å². The molecule has 1 aliphatic rings. The molecule has 0 saturated carbocycles. The molecule has 1 fully saturated rings. The molecule has 0 radical (unpaired) electrons. The number of benzene rings is 1. The van der Waals surface area contributed by atoms with Gasteiger partial charge in [-0.05, 0) is 18.2 Å². The Bertz CT molecular complexity index is 1290. The molecule has 0 spiro atoms. The van der Waals surface area contributed by atoms with Crippen LogP contribution in [0.4, 0.5) is 8.78 Å². The van der Waals surface area contributed by atoms with Crippen molar-refractivity contribution in [1.29, 1.82) is 0 Å². The third kappa shape index (κ3) is 3.45. The lowest BCUT2D eigenvalue weighted by Gasteiger charge is -2.37. The zero-order valence-electron chi connectivity index (χ0n) is 16.7. The lowest BCUT2D eigenvalue weighted by atomic mass is 10.0. The highest BCUT2D eigenvalue weighted by Gasteiger charge is 2.47. The van der Waals surface area contributed by atoms with Gasteiger partial charge in [0, 0.05) is 37.7 Å². The van der Waals surface area contributed by atoms with Gasteiger partial charge in [-0.3, -0.25) is 4.79 Å². The van der Waals surface area contributed by atoms with Crippen molar-refractivity contribution >= 4 is 27.8 Å². The number of fused-ring (bicyclic) bond motifs is 2. The molecule has 9 heteroatoms. The molecule has 5 rings (SSSR count). The summed E-state index contributed by atoms with van der Waals surface area (Å²) >= 11 is 0. The molecule has 0 aliphatic carbocycles. The highest BCUT2D eigenvalue weighted by Crippen LogP contribution is 2.32. The monoisotopic (exact) mass is 423 g/mol.